The zero-order valence-corrected chi connectivity index (χ0v) is 20.7. The molecule has 0 radical (unpaired) electrons. The molecule has 8 heteroatoms. The van der Waals surface area contributed by atoms with Crippen LogP contribution in [-0.2, 0) is 4.79 Å². The first kappa shape index (κ1) is 23.4. The lowest BCUT2D eigenvalue weighted by molar-refractivity contribution is -0.116. The maximum atomic E-state index is 12.7. The van der Waals surface area contributed by atoms with Gasteiger partial charge < -0.3 is 10.6 Å². The second-order valence-corrected chi connectivity index (χ2v) is 8.91. The molecule has 0 unspecified atom stereocenters. The maximum absolute atomic E-state index is 12.7. The Balaban J connectivity index is 1.46. The van der Waals surface area contributed by atoms with E-state index in [0.29, 0.717) is 37.0 Å². The Morgan fingerprint density at radius 1 is 0.853 bits per heavy atom. The summed E-state index contributed by atoms with van der Waals surface area (Å²) in [6, 6.07) is 10.1. The number of aromatic nitrogens is 5. The zero-order chi connectivity index (χ0) is 24.4. The third kappa shape index (κ3) is 5.22. The summed E-state index contributed by atoms with van der Waals surface area (Å²) in [5.74, 6) is 1.82. The molecule has 0 saturated carbocycles. The second kappa shape index (κ2) is 9.59. The number of hydrogen-bond donors (Lipinski definition) is 2. The van der Waals surface area contributed by atoms with E-state index >= 15 is 0 Å². The van der Waals surface area contributed by atoms with E-state index in [1.165, 1.54) is 5.56 Å². The van der Waals surface area contributed by atoms with Crippen molar-refractivity contribution in [2.75, 3.05) is 17.2 Å². The van der Waals surface area contributed by atoms with Gasteiger partial charge in [0.05, 0.1) is 11.2 Å². The Labute approximate surface area is 199 Å². The summed E-state index contributed by atoms with van der Waals surface area (Å²) >= 11 is 0. The molecule has 8 nitrogen and oxygen atoms in total. The van der Waals surface area contributed by atoms with Gasteiger partial charge in [0.1, 0.15) is 5.82 Å². The summed E-state index contributed by atoms with van der Waals surface area (Å²) in [5, 5.41) is 11.9. The number of fused-ring (bicyclic) bond motifs is 1. The third-order valence-corrected chi connectivity index (χ3v) is 5.60. The Bertz CT molecular complexity index is 1350. The average Bonchev–Trinajstić information content (AvgIpc) is 3.11. The van der Waals surface area contributed by atoms with E-state index in [2.05, 4.69) is 58.6 Å². The number of aryl methyl sites for hydroxylation is 6. The fourth-order valence-electron chi connectivity index (χ4n) is 4.16. The molecular formula is C26H31N7O. The van der Waals surface area contributed by atoms with Crippen molar-refractivity contribution in [2.24, 2.45) is 0 Å². The third-order valence-electron chi connectivity index (χ3n) is 5.60. The molecule has 2 N–H and O–H groups in total. The highest BCUT2D eigenvalue weighted by molar-refractivity contribution is 5.90. The normalized spacial score (nSPS) is 11.1. The minimum absolute atomic E-state index is 0.0754. The van der Waals surface area contributed by atoms with E-state index in [-0.39, 0.29) is 5.91 Å². The van der Waals surface area contributed by atoms with Crippen molar-refractivity contribution in [3.8, 4) is 5.82 Å². The Morgan fingerprint density at radius 3 is 2.32 bits per heavy atom. The Hall–Kier alpha value is -3.81. The number of nitrogens with zero attached hydrogens (tertiary/aromatic N) is 5. The van der Waals surface area contributed by atoms with Crippen LogP contribution in [0.4, 0.5) is 11.8 Å². The molecule has 3 heterocycles. The highest BCUT2D eigenvalue weighted by Gasteiger charge is 2.14. The fourth-order valence-corrected chi connectivity index (χ4v) is 4.16. The lowest BCUT2D eigenvalue weighted by atomic mass is 10.0. The van der Waals surface area contributed by atoms with Crippen molar-refractivity contribution in [3.63, 3.8) is 0 Å². The molecule has 4 rings (SSSR count). The minimum Gasteiger partial charge on any atom is -0.354 e. The molecule has 176 valence electrons. The molecule has 0 fully saturated rings. The minimum atomic E-state index is -0.0754. The molecule has 0 spiro atoms. The number of nitrogens with one attached hydrogen (secondary N) is 2. The topological polar surface area (TPSA) is 97.6 Å². The van der Waals surface area contributed by atoms with E-state index < -0.39 is 0 Å². The largest absolute Gasteiger partial charge is 0.354 e. The maximum Gasteiger partial charge on any atom is 0.225 e. The number of anilines is 2. The molecule has 0 aliphatic rings. The molecule has 4 aromatic rings. The van der Waals surface area contributed by atoms with Crippen molar-refractivity contribution in [1.82, 2.24) is 24.7 Å². The van der Waals surface area contributed by atoms with Gasteiger partial charge in [-0.2, -0.15) is 9.78 Å². The molecule has 3 aromatic heterocycles. The quantitative estimate of drug-likeness (QED) is 0.384. The number of carbonyl (C=O) groups is 1. The van der Waals surface area contributed by atoms with E-state index in [4.69, 9.17) is 4.98 Å². The van der Waals surface area contributed by atoms with Crippen molar-refractivity contribution in [3.05, 3.63) is 64.1 Å². The number of rotatable bonds is 7. The van der Waals surface area contributed by atoms with Crippen LogP contribution in [0.3, 0.4) is 0 Å². The highest BCUT2D eigenvalue weighted by atomic mass is 16.1. The van der Waals surface area contributed by atoms with E-state index in [0.717, 1.165) is 39.1 Å². The van der Waals surface area contributed by atoms with E-state index in [9.17, 15) is 4.79 Å². The Morgan fingerprint density at radius 2 is 1.59 bits per heavy atom. The molecule has 0 bridgehead atoms. The van der Waals surface area contributed by atoms with Gasteiger partial charge in [-0.15, -0.1) is 0 Å². The van der Waals surface area contributed by atoms with Gasteiger partial charge in [-0.3, -0.25) is 4.79 Å². The van der Waals surface area contributed by atoms with Gasteiger partial charge in [-0.05, 0) is 77.3 Å². The van der Waals surface area contributed by atoms with Crippen molar-refractivity contribution < 1.29 is 4.79 Å². The van der Waals surface area contributed by atoms with Gasteiger partial charge in [0.2, 0.25) is 11.9 Å². The van der Waals surface area contributed by atoms with Gasteiger partial charge in [-0.1, -0.05) is 11.6 Å². The number of hydrogen-bond acceptors (Lipinski definition) is 6. The summed E-state index contributed by atoms with van der Waals surface area (Å²) < 4.78 is 1.71. The predicted octanol–water partition coefficient (Wildman–Crippen LogP) is 4.89. The molecule has 0 aliphatic heterocycles. The molecule has 0 saturated heterocycles. The first-order chi connectivity index (χ1) is 16.2. The lowest BCUT2D eigenvalue weighted by Crippen LogP contribution is -2.17. The van der Waals surface area contributed by atoms with Gasteiger partial charge >= 0.3 is 0 Å². The SMILES string of the molecule is Cc1cc(C)c2nc(-n3nc(C)cc3NC(=O)CCCNc3nc(C)cc(C)n3)cc(C)c2c1. The second-order valence-electron chi connectivity index (χ2n) is 8.91. The number of pyridine rings is 1. The van der Waals surface area contributed by atoms with Crippen molar-refractivity contribution in [1.29, 1.82) is 0 Å². The van der Waals surface area contributed by atoms with Crippen LogP contribution in [0.2, 0.25) is 0 Å². The van der Waals surface area contributed by atoms with Crippen molar-refractivity contribution in [2.45, 2.75) is 54.4 Å². The summed E-state index contributed by atoms with van der Waals surface area (Å²) in [5.41, 5.74) is 7.05. The number of amides is 1. The molecule has 34 heavy (non-hydrogen) atoms. The van der Waals surface area contributed by atoms with Gasteiger partial charge in [0.25, 0.3) is 0 Å². The standard InChI is InChI=1S/C26H31N7O/c1-15-10-17(3)25-21(11-15)16(2)12-22(31-25)33-23(14-20(6)32-33)30-24(34)8-7-9-27-26-28-18(4)13-19(5)29-26/h10-14H,7-9H2,1-6H3,(H,30,34)(H,27,28,29). The van der Waals surface area contributed by atoms with Gasteiger partial charge in [0.15, 0.2) is 5.82 Å². The van der Waals surface area contributed by atoms with Gasteiger partial charge in [0, 0.05) is 35.8 Å². The fraction of sp³-hybridized carbons (Fsp3) is 0.346. The van der Waals surface area contributed by atoms with E-state index in [1.54, 1.807) is 4.68 Å². The average molecular weight is 458 g/mol. The van der Waals surface area contributed by atoms with Crippen LogP contribution in [0.5, 0.6) is 0 Å². The van der Waals surface area contributed by atoms with Crippen LogP contribution in [0, 0.1) is 41.5 Å². The summed E-state index contributed by atoms with van der Waals surface area (Å²) in [4.78, 5) is 26.3. The van der Waals surface area contributed by atoms with Crippen LogP contribution < -0.4 is 10.6 Å². The zero-order valence-electron chi connectivity index (χ0n) is 20.7. The lowest BCUT2D eigenvalue weighted by Gasteiger charge is -2.12. The van der Waals surface area contributed by atoms with Crippen LogP contribution in [0.25, 0.3) is 16.7 Å². The van der Waals surface area contributed by atoms with Crippen molar-refractivity contribution >= 4 is 28.6 Å². The van der Waals surface area contributed by atoms with Crippen LogP contribution in [0.15, 0.2) is 30.3 Å². The molecule has 0 aliphatic carbocycles. The highest BCUT2D eigenvalue weighted by Crippen LogP contribution is 2.26. The van der Waals surface area contributed by atoms with E-state index in [1.807, 2.05) is 39.0 Å². The molecule has 1 amide bonds. The summed E-state index contributed by atoms with van der Waals surface area (Å²) in [6.07, 6.45) is 1.02. The summed E-state index contributed by atoms with van der Waals surface area (Å²) in [6.45, 7) is 12.6. The first-order valence-electron chi connectivity index (χ1n) is 11.5. The number of carbonyl (C=O) groups excluding carboxylic acids is 1. The monoisotopic (exact) mass is 457 g/mol. The van der Waals surface area contributed by atoms with Gasteiger partial charge in [-0.25, -0.2) is 15.0 Å². The summed E-state index contributed by atoms with van der Waals surface area (Å²) in [7, 11) is 0. The Kier molecular flexibility index (Phi) is 6.58. The smallest absolute Gasteiger partial charge is 0.225 e. The van der Waals surface area contributed by atoms with Crippen LogP contribution in [0.1, 0.15) is 46.6 Å². The number of benzene rings is 1. The van der Waals surface area contributed by atoms with Crippen LogP contribution >= 0.6 is 0 Å². The predicted molar refractivity (Wildman–Crippen MR) is 136 cm³/mol. The molecule has 0 atom stereocenters. The molecule has 1 aromatic carbocycles. The molecular weight excluding hydrogens is 426 g/mol. The first-order valence-corrected chi connectivity index (χ1v) is 11.5. The van der Waals surface area contributed by atoms with Crippen LogP contribution in [-0.4, -0.2) is 37.2 Å².